The van der Waals surface area contributed by atoms with E-state index in [1.54, 1.807) is 30.4 Å². The fourth-order valence-electron chi connectivity index (χ4n) is 7.65. The van der Waals surface area contributed by atoms with Crippen molar-refractivity contribution < 1.29 is 38.9 Å². The van der Waals surface area contributed by atoms with Crippen LogP contribution in [0, 0.1) is 5.92 Å². The first kappa shape index (κ1) is 34.3. The van der Waals surface area contributed by atoms with E-state index in [-0.39, 0.29) is 41.1 Å². The molecule has 0 fully saturated rings. The number of nitrogens with one attached hydrogen (secondary N) is 1. The van der Waals surface area contributed by atoms with E-state index in [0.29, 0.717) is 66.0 Å². The quantitative estimate of drug-likeness (QED) is 0.0796. The normalized spacial score (nSPS) is 17.8. The standard InChI is InChI=1S/C44H39NO8/c46-28(8-5-6-25-20-35(25)26-12-19-39-36(21-26)31-9-2-3-10-38(31)52-39)7-1-4-11-42(49)45-27-13-16-32(44(50)51)37(22-27)43-33-17-14-29(47)23-40(33)53-41-24-30(48)15-18-34(41)43/h2-3,9-10,12-17,19,21-24,34,44,48,50-51H,1,4-8,11,18,20H2,(H,45,49). The summed E-state index contributed by atoms with van der Waals surface area (Å²) >= 11 is 0. The van der Waals surface area contributed by atoms with E-state index in [2.05, 4.69) is 23.5 Å². The van der Waals surface area contributed by atoms with Gasteiger partial charge in [0, 0.05) is 64.9 Å². The third kappa shape index (κ3) is 7.18. The van der Waals surface area contributed by atoms with Gasteiger partial charge >= 0.3 is 0 Å². The molecule has 2 heterocycles. The molecule has 3 aromatic carbocycles. The van der Waals surface area contributed by atoms with Crippen LogP contribution in [0.1, 0.15) is 80.8 Å². The molecule has 0 radical (unpaired) electrons. The lowest BCUT2D eigenvalue weighted by atomic mass is 9.78. The zero-order valence-corrected chi connectivity index (χ0v) is 29.1. The summed E-state index contributed by atoms with van der Waals surface area (Å²) in [6.07, 6.45) is 11.3. The number of aliphatic hydroxyl groups is 3. The maximum atomic E-state index is 13.0. The number of hydrogen-bond donors (Lipinski definition) is 4. The number of allylic oxidation sites excluding steroid dienone is 8. The summed E-state index contributed by atoms with van der Waals surface area (Å²) in [7, 11) is 0. The Bertz CT molecular complexity index is 2380. The first-order valence-electron chi connectivity index (χ1n) is 18.1. The third-order valence-electron chi connectivity index (χ3n) is 10.4. The largest absolute Gasteiger partial charge is 0.508 e. The molecule has 1 atom stereocenters. The second-order valence-electron chi connectivity index (χ2n) is 14.0. The minimum absolute atomic E-state index is 0.0433. The van der Waals surface area contributed by atoms with Crippen LogP contribution in [0.5, 0.6) is 0 Å². The predicted molar refractivity (Wildman–Crippen MR) is 202 cm³/mol. The molecule has 1 aromatic heterocycles. The summed E-state index contributed by atoms with van der Waals surface area (Å²) in [5, 5.41) is 35.9. The maximum Gasteiger partial charge on any atom is 0.224 e. The molecule has 268 valence electrons. The Morgan fingerprint density at radius 3 is 2.57 bits per heavy atom. The third-order valence-corrected chi connectivity index (χ3v) is 10.4. The molecule has 0 spiro atoms. The summed E-state index contributed by atoms with van der Waals surface area (Å²) < 4.78 is 12.0. The molecular weight excluding hydrogens is 670 g/mol. The van der Waals surface area contributed by atoms with Gasteiger partial charge < -0.3 is 29.8 Å². The lowest BCUT2D eigenvalue weighted by Crippen LogP contribution is -2.23. The molecule has 1 amide bonds. The van der Waals surface area contributed by atoms with Crippen LogP contribution >= 0.6 is 0 Å². The lowest BCUT2D eigenvalue weighted by molar-refractivity contribution is -0.120. The molecule has 0 saturated carbocycles. The molecule has 4 aromatic rings. The Kier molecular flexibility index (Phi) is 9.28. The number of anilines is 1. The Labute approximate surface area is 306 Å². The van der Waals surface area contributed by atoms with Crippen molar-refractivity contribution in [3.05, 3.63) is 136 Å². The van der Waals surface area contributed by atoms with Crippen LogP contribution in [-0.2, 0) is 19.1 Å². The van der Waals surface area contributed by atoms with E-state index in [0.717, 1.165) is 41.2 Å². The number of ether oxygens (including phenoxy) is 1. The zero-order chi connectivity index (χ0) is 36.6. The number of rotatable bonds is 13. The number of amides is 1. The summed E-state index contributed by atoms with van der Waals surface area (Å²) in [5.74, 6) is 0.170. The first-order valence-corrected chi connectivity index (χ1v) is 18.1. The van der Waals surface area contributed by atoms with Gasteiger partial charge in [0.1, 0.15) is 34.2 Å². The van der Waals surface area contributed by atoms with Crippen LogP contribution < -0.4 is 5.32 Å². The van der Waals surface area contributed by atoms with Gasteiger partial charge in [0.2, 0.25) is 5.91 Å². The number of benzene rings is 3. The summed E-state index contributed by atoms with van der Waals surface area (Å²) in [6, 6.07) is 19.3. The van der Waals surface area contributed by atoms with Gasteiger partial charge in [-0.05, 0) is 109 Å². The first-order chi connectivity index (χ1) is 25.7. The van der Waals surface area contributed by atoms with Crippen LogP contribution in [0.15, 0.2) is 124 Å². The highest BCUT2D eigenvalue weighted by Gasteiger charge is 2.36. The van der Waals surface area contributed by atoms with Gasteiger partial charge in [-0.25, -0.2) is 0 Å². The Balaban J connectivity index is 0.842. The molecule has 8 rings (SSSR count). The molecule has 1 aliphatic heterocycles. The summed E-state index contributed by atoms with van der Waals surface area (Å²) in [5.41, 5.74) is 8.28. The Morgan fingerprint density at radius 1 is 0.887 bits per heavy atom. The van der Waals surface area contributed by atoms with Crippen LogP contribution in [0.25, 0.3) is 33.1 Å². The van der Waals surface area contributed by atoms with E-state index in [1.807, 2.05) is 24.3 Å². The number of aliphatic hydroxyl groups excluding tert-OH is 2. The van der Waals surface area contributed by atoms with Crippen molar-refractivity contribution in [2.24, 2.45) is 5.92 Å². The van der Waals surface area contributed by atoms with Crippen molar-refractivity contribution in [1.82, 2.24) is 0 Å². The predicted octanol–water partition coefficient (Wildman–Crippen LogP) is 8.82. The van der Waals surface area contributed by atoms with E-state index >= 15 is 0 Å². The number of fused-ring (bicyclic) bond motifs is 5. The molecule has 0 saturated heterocycles. The van der Waals surface area contributed by atoms with Crippen LogP contribution in [0.3, 0.4) is 0 Å². The van der Waals surface area contributed by atoms with Gasteiger partial charge in [-0.1, -0.05) is 35.9 Å². The monoisotopic (exact) mass is 709 g/mol. The average Bonchev–Trinajstić information content (AvgIpc) is 3.82. The minimum atomic E-state index is -1.80. The highest BCUT2D eigenvalue weighted by Crippen LogP contribution is 2.48. The smallest absolute Gasteiger partial charge is 0.224 e. The van der Waals surface area contributed by atoms with Crippen LogP contribution in [0.4, 0.5) is 5.69 Å². The van der Waals surface area contributed by atoms with Gasteiger partial charge in [0.15, 0.2) is 12.1 Å². The highest BCUT2D eigenvalue weighted by molar-refractivity contribution is 6.06. The van der Waals surface area contributed by atoms with E-state index in [4.69, 9.17) is 9.15 Å². The number of unbranched alkanes of at least 4 members (excludes halogenated alkanes) is 1. The Hall–Kier alpha value is -5.77. The number of para-hydroxylation sites is 1. The van der Waals surface area contributed by atoms with Gasteiger partial charge in [0.05, 0.1) is 0 Å². The van der Waals surface area contributed by atoms with E-state index in [1.165, 1.54) is 34.9 Å². The van der Waals surface area contributed by atoms with Crippen molar-refractivity contribution in [3.63, 3.8) is 0 Å². The number of carbonyl (C=O) groups is 3. The number of carbonyl (C=O) groups excluding carboxylic acids is 3. The summed E-state index contributed by atoms with van der Waals surface area (Å²) in [6.45, 7) is 0. The molecule has 1 unspecified atom stereocenters. The molecule has 9 nitrogen and oxygen atoms in total. The zero-order valence-electron chi connectivity index (χ0n) is 29.1. The molecule has 53 heavy (non-hydrogen) atoms. The number of hydrogen-bond acceptors (Lipinski definition) is 8. The van der Waals surface area contributed by atoms with Gasteiger partial charge in [-0.2, -0.15) is 0 Å². The van der Waals surface area contributed by atoms with Crippen LogP contribution in [0.2, 0.25) is 0 Å². The van der Waals surface area contributed by atoms with Crippen molar-refractivity contribution in [2.45, 2.75) is 64.1 Å². The molecule has 0 bridgehead atoms. The lowest BCUT2D eigenvalue weighted by Gasteiger charge is -2.35. The highest BCUT2D eigenvalue weighted by atomic mass is 16.5. The number of Topliss-reactive ketones (excluding diaryl/α,β-unsaturated/α-hetero) is 1. The fraction of sp³-hybridized carbons (Fsp3) is 0.250. The van der Waals surface area contributed by atoms with Crippen molar-refractivity contribution in [1.29, 1.82) is 0 Å². The van der Waals surface area contributed by atoms with E-state index < -0.39 is 6.29 Å². The van der Waals surface area contributed by atoms with Crippen LogP contribution in [-0.4, -0.2) is 32.8 Å². The molecule has 9 heteroatoms. The number of furan rings is 1. The average molecular weight is 710 g/mol. The van der Waals surface area contributed by atoms with Crippen molar-refractivity contribution in [3.8, 4) is 0 Å². The topological polar surface area (TPSA) is 146 Å². The molecular formula is C44H39NO8. The van der Waals surface area contributed by atoms with E-state index in [9.17, 15) is 29.7 Å². The van der Waals surface area contributed by atoms with Gasteiger partial charge in [-0.15, -0.1) is 0 Å². The van der Waals surface area contributed by atoms with Crippen molar-refractivity contribution in [2.75, 3.05) is 5.32 Å². The van der Waals surface area contributed by atoms with Gasteiger partial charge in [0.25, 0.3) is 0 Å². The maximum absolute atomic E-state index is 13.0. The van der Waals surface area contributed by atoms with Crippen molar-refractivity contribution >= 4 is 56.2 Å². The molecule has 4 N–H and O–H groups in total. The molecule has 3 aliphatic carbocycles. The number of ketones is 2. The fourth-order valence-corrected chi connectivity index (χ4v) is 7.65. The molecule has 4 aliphatic rings. The summed E-state index contributed by atoms with van der Waals surface area (Å²) in [4.78, 5) is 37.8. The second-order valence-corrected chi connectivity index (χ2v) is 14.0. The second kappa shape index (κ2) is 14.3. The Morgan fingerprint density at radius 2 is 1.70 bits per heavy atom. The SMILES string of the molecule is O=C1C=CC2=C(c3cc(NC(=O)CCCCC(=O)CCCC4=C(c5ccc6oc7ccccc7c6c5)C4)ccc3C(O)O)C3CC=C(O)C=C3OC2=C1. The minimum Gasteiger partial charge on any atom is -0.508 e. The van der Waals surface area contributed by atoms with Gasteiger partial charge in [-0.3, -0.25) is 14.4 Å².